The van der Waals surface area contributed by atoms with Crippen LogP contribution in [0, 0.1) is 19.7 Å². The van der Waals surface area contributed by atoms with Gasteiger partial charge in [0, 0.05) is 22.6 Å². The summed E-state index contributed by atoms with van der Waals surface area (Å²) in [5.74, 6) is -0.911. The van der Waals surface area contributed by atoms with Crippen LogP contribution in [0.5, 0.6) is 0 Å². The van der Waals surface area contributed by atoms with Crippen molar-refractivity contribution < 1.29 is 14.0 Å². The Morgan fingerprint density at radius 1 is 1.00 bits per heavy atom. The molecule has 6 heteroatoms. The number of rotatable bonds is 5. The van der Waals surface area contributed by atoms with Gasteiger partial charge in [-0.2, -0.15) is 0 Å². The standard InChI is InChI=1S/C25H24FN3O2/c1-4-18-9-6-8-12-23(18)29-16(2)13-20(17(29)3)14-22-24(30)28(25(31)27-22)15-19-10-5-7-11-21(19)26/h5-14H,4,15H2,1-3H3,(H,27,31)/b22-14-. The van der Waals surface area contributed by atoms with Crippen molar-refractivity contribution in [3.8, 4) is 5.69 Å². The predicted octanol–water partition coefficient (Wildman–Crippen LogP) is 4.89. The van der Waals surface area contributed by atoms with Gasteiger partial charge in [-0.15, -0.1) is 0 Å². The molecule has 158 valence electrons. The largest absolute Gasteiger partial charge is 0.329 e. The molecular weight excluding hydrogens is 393 g/mol. The van der Waals surface area contributed by atoms with Crippen LogP contribution in [0.4, 0.5) is 9.18 Å². The van der Waals surface area contributed by atoms with Crippen molar-refractivity contribution in [2.24, 2.45) is 0 Å². The number of para-hydroxylation sites is 1. The summed E-state index contributed by atoms with van der Waals surface area (Å²) < 4.78 is 16.1. The summed E-state index contributed by atoms with van der Waals surface area (Å²) in [5, 5.41) is 2.63. The first-order valence-corrected chi connectivity index (χ1v) is 10.3. The monoisotopic (exact) mass is 417 g/mol. The molecule has 1 aliphatic heterocycles. The first-order chi connectivity index (χ1) is 14.9. The van der Waals surface area contributed by atoms with E-state index in [-0.39, 0.29) is 12.2 Å². The number of aromatic nitrogens is 1. The molecule has 1 N–H and O–H groups in total. The van der Waals surface area contributed by atoms with Crippen LogP contribution in [0.15, 0.2) is 60.3 Å². The molecule has 1 saturated heterocycles. The van der Waals surface area contributed by atoms with Gasteiger partial charge in [-0.05, 0) is 55.7 Å². The summed E-state index contributed by atoms with van der Waals surface area (Å²) in [7, 11) is 0. The number of nitrogens with zero attached hydrogens (tertiary/aromatic N) is 2. The van der Waals surface area contributed by atoms with Crippen LogP contribution < -0.4 is 5.32 Å². The average molecular weight is 417 g/mol. The first kappa shape index (κ1) is 20.6. The minimum Gasteiger partial charge on any atom is -0.318 e. The maximum atomic E-state index is 14.0. The minimum atomic E-state index is -0.551. The molecule has 1 aromatic heterocycles. The van der Waals surface area contributed by atoms with E-state index in [9.17, 15) is 14.0 Å². The molecular formula is C25H24FN3O2. The van der Waals surface area contributed by atoms with Crippen molar-refractivity contribution in [2.45, 2.75) is 33.7 Å². The second-order valence-electron chi connectivity index (χ2n) is 7.62. The van der Waals surface area contributed by atoms with E-state index in [1.54, 1.807) is 24.3 Å². The van der Waals surface area contributed by atoms with Crippen molar-refractivity contribution >= 4 is 18.0 Å². The summed E-state index contributed by atoms with van der Waals surface area (Å²) in [5.41, 5.74) is 5.66. The van der Waals surface area contributed by atoms with Crippen molar-refractivity contribution in [3.63, 3.8) is 0 Å². The number of imide groups is 1. The molecule has 0 bridgehead atoms. The SMILES string of the molecule is CCc1ccccc1-n1c(C)cc(/C=C2\NC(=O)N(Cc3ccccc3F)C2=O)c1C. The van der Waals surface area contributed by atoms with Crippen LogP contribution >= 0.6 is 0 Å². The van der Waals surface area contributed by atoms with Gasteiger partial charge in [0.15, 0.2) is 0 Å². The van der Waals surface area contributed by atoms with Gasteiger partial charge in [0.05, 0.1) is 6.54 Å². The van der Waals surface area contributed by atoms with E-state index in [4.69, 9.17) is 0 Å². The van der Waals surface area contributed by atoms with Crippen LogP contribution in [0.1, 0.15) is 35.0 Å². The van der Waals surface area contributed by atoms with Crippen LogP contribution in [0.3, 0.4) is 0 Å². The van der Waals surface area contributed by atoms with E-state index >= 15 is 0 Å². The zero-order valence-corrected chi connectivity index (χ0v) is 17.8. The van der Waals surface area contributed by atoms with Gasteiger partial charge in [0.1, 0.15) is 11.5 Å². The molecule has 0 atom stereocenters. The molecule has 3 aromatic rings. The van der Waals surface area contributed by atoms with Gasteiger partial charge in [-0.3, -0.25) is 9.69 Å². The van der Waals surface area contributed by atoms with E-state index in [1.165, 1.54) is 11.6 Å². The van der Waals surface area contributed by atoms with Crippen LogP contribution in [0.2, 0.25) is 0 Å². The molecule has 2 aromatic carbocycles. The van der Waals surface area contributed by atoms with Crippen molar-refractivity contribution in [1.82, 2.24) is 14.8 Å². The Morgan fingerprint density at radius 3 is 2.39 bits per heavy atom. The summed E-state index contributed by atoms with van der Waals surface area (Å²) in [6.45, 7) is 6.01. The van der Waals surface area contributed by atoms with E-state index in [2.05, 4.69) is 28.9 Å². The fourth-order valence-electron chi connectivity index (χ4n) is 4.00. The summed E-state index contributed by atoms with van der Waals surface area (Å²) in [6.07, 6.45) is 2.60. The highest BCUT2D eigenvalue weighted by Crippen LogP contribution is 2.26. The number of hydrogen-bond acceptors (Lipinski definition) is 2. The van der Waals surface area contributed by atoms with E-state index in [0.717, 1.165) is 34.0 Å². The number of hydrogen-bond donors (Lipinski definition) is 1. The summed E-state index contributed by atoms with van der Waals surface area (Å²) >= 11 is 0. The molecule has 1 fully saturated rings. The van der Waals surface area contributed by atoms with Gasteiger partial charge in [0.2, 0.25) is 0 Å². The van der Waals surface area contributed by atoms with Gasteiger partial charge >= 0.3 is 6.03 Å². The lowest BCUT2D eigenvalue weighted by molar-refractivity contribution is -0.123. The smallest absolute Gasteiger partial charge is 0.318 e. The number of nitrogens with one attached hydrogen (secondary N) is 1. The Labute approximate surface area is 180 Å². The third-order valence-electron chi connectivity index (χ3n) is 5.63. The average Bonchev–Trinajstić information content (AvgIpc) is 3.18. The Morgan fingerprint density at radius 2 is 1.68 bits per heavy atom. The Kier molecular flexibility index (Phi) is 5.46. The van der Waals surface area contributed by atoms with Crippen LogP contribution in [-0.4, -0.2) is 21.4 Å². The quantitative estimate of drug-likeness (QED) is 0.475. The molecule has 5 nitrogen and oxygen atoms in total. The number of aryl methyl sites for hydroxylation is 2. The second-order valence-corrected chi connectivity index (χ2v) is 7.62. The Bertz CT molecular complexity index is 1210. The van der Waals surface area contributed by atoms with Gasteiger partial charge in [0.25, 0.3) is 5.91 Å². The molecule has 0 aliphatic carbocycles. The molecule has 0 radical (unpaired) electrons. The van der Waals surface area contributed by atoms with E-state index in [0.29, 0.717) is 5.56 Å². The fraction of sp³-hybridized carbons (Fsp3) is 0.200. The lowest BCUT2D eigenvalue weighted by Gasteiger charge is -2.14. The maximum Gasteiger partial charge on any atom is 0.329 e. The molecule has 2 heterocycles. The number of urea groups is 1. The summed E-state index contributed by atoms with van der Waals surface area (Å²) in [6, 6.07) is 15.8. The fourth-order valence-corrected chi connectivity index (χ4v) is 4.00. The molecule has 0 spiro atoms. The van der Waals surface area contributed by atoms with Crippen LogP contribution in [0.25, 0.3) is 11.8 Å². The lowest BCUT2D eigenvalue weighted by atomic mass is 10.1. The zero-order valence-electron chi connectivity index (χ0n) is 17.8. The number of halogens is 1. The van der Waals surface area contributed by atoms with Gasteiger partial charge in [-0.1, -0.05) is 43.3 Å². The molecule has 3 amide bonds. The highest BCUT2D eigenvalue weighted by Gasteiger charge is 2.34. The highest BCUT2D eigenvalue weighted by molar-refractivity contribution is 6.14. The number of carbonyl (C=O) groups is 2. The number of benzene rings is 2. The van der Waals surface area contributed by atoms with Gasteiger partial charge in [-0.25, -0.2) is 9.18 Å². The van der Waals surface area contributed by atoms with E-state index < -0.39 is 17.8 Å². The molecule has 4 rings (SSSR count). The number of amides is 3. The predicted molar refractivity (Wildman–Crippen MR) is 118 cm³/mol. The van der Waals surface area contributed by atoms with Crippen LogP contribution in [-0.2, 0) is 17.8 Å². The van der Waals surface area contributed by atoms with E-state index in [1.807, 2.05) is 32.0 Å². The third-order valence-corrected chi connectivity index (χ3v) is 5.63. The van der Waals surface area contributed by atoms with Gasteiger partial charge < -0.3 is 9.88 Å². The Hall–Kier alpha value is -3.67. The second kappa shape index (κ2) is 8.22. The molecule has 0 saturated carbocycles. The zero-order chi connectivity index (χ0) is 22.1. The maximum absolute atomic E-state index is 14.0. The van der Waals surface area contributed by atoms with Crippen molar-refractivity contribution in [3.05, 3.63) is 94.2 Å². The summed E-state index contributed by atoms with van der Waals surface area (Å²) in [4.78, 5) is 26.3. The molecule has 31 heavy (non-hydrogen) atoms. The lowest BCUT2D eigenvalue weighted by Crippen LogP contribution is -2.30. The van der Waals surface area contributed by atoms with Crippen molar-refractivity contribution in [2.75, 3.05) is 0 Å². The van der Waals surface area contributed by atoms with Crippen molar-refractivity contribution in [1.29, 1.82) is 0 Å². The normalized spacial score (nSPS) is 15.1. The molecule has 1 aliphatic rings. The highest BCUT2D eigenvalue weighted by atomic mass is 19.1. The Balaban J connectivity index is 1.66. The topological polar surface area (TPSA) is 54.3 Å². The molecule has 0 unspecified atom stereocenters. The minimum absolute atomic E-state index is 0.114. The number of carbonyl (C=O) groups excluding carboxylic acids is 2. The first-order valence-electron chi connectivity index (χ1n) is 10.3. The third kappa shape index (κ3) is 3.77.